The summed E-state index contributed by atoms with van der Waals surface area (Å²) in [4.78, 5) is 5.23. The lowest BCUT2D eigenvalue weighted by molar-refractivity contribution is 0.0686. The van der Waals surface area contributed by atoms with Gasteiger partial charge in [-0.05, 0) is 53.4 Å². The molecular formula is C28H26N2O4S. The highest BCUT2D eigenvalue weighted by Crippen LogP contribution is 2.40. The predicted molar refractivity (Wildman–Crippen MR) is 136 cm³/mol. The lowest BCUT2D eigenvalue weighted by atomic mass is 9.93. The molecule has 0 aliphatic rings. The molecule has 4 aromatic rings. The van der Waals surface area contributed by atoms with Gasteiger partial charge in [0.25, 0.3) is 0 Å². The van der Waals surface area contributed by atoms with Crippen LogP contribution in [0, 0.1) is 18.3 Å². The lowest BCUT2D eigenvalue weighted by Gasteiger charge is -2.20. The molecule has 178 valence electrons. The van der Waals surface area contributed by atoms with Crippen LogP contribution in [0.1, 0.15) is 33.2 Å². The maximum atomic E-state index is 9.75. The number of rotatable bonds is 9. The number of hydrogen-bond acceptors (Lipinski definition) is 7. The Morgan fingerprint density at radius 2 is 1.69 bits per heavy atom. The quantitative estimate of drug-likeness (QED) is 0.276. The van der Waals surface area contributed by atoms with Gasteiger partial charge in [0.15, 0.2) is 11.5 Å². The number of nitriles is 1. The number of nitrogens with zero attached hydrogens (tertiary/aromatic N) is 2. The first-order valence-electron chi connectivity index (χ1n) is 11.0. The standard InChI is InChI=1S/C28H26N2O4S/c1-18-7-5-6-8-22(18)23-13-20(9-10-21(23)14-29)27(26-15-30-17-35-26)34-16-19-11-24(31-2)28(33-4)25(12-19)32-3/h5-13,15,17,27H,16H2,1-4H3. The van der Waals surface area contributed by atoms with Crippen LogP contribution in [0.3, 0.4) is 0 Å². The Hall–Kier alpha value is -3.86. The molecule has 0 bridgehead atoms. The van der Waals surface area contributed by atoms with E-state index in [1.807, 2.05) is 67.7 Å². The minimum Gasteiger partial charge on any atom is -0.493 e. The second kappa shape index (κ2) is 11.0. The van der Waals surface area contributed by atoms with Gasteiger partial charge in [0.2, 0.25) is 5.75 Å². The van der Waals surface area contributed by atoms with Crippen molar-refractivity contribution in [3.05, 3.63) is 93.4 Å². The summed E-state index contributed by atoms with van der Waals surface area (Å²) in [6.07, 6.45) is 1.45. The van der Waals surface area contributed by atoms with E-state index < -0.39 is 0 Å². The Bertz CT molecular complexity index is 1320. The number of aromatic nitrogens is 1. The number of methoxy groups -OCH3 is 3. The van der Waals surface area contributed by atoms with Gasteiger partial charge in [-0.15, -0.1) is 11.3 Å². The fourth-order valence-electron chi connectivity index (χ4n) is 4.02. The number of ether oxygens (including phenoxy) is 4. The van der Waals surface area contributed by atoms with Crippen LogP contribution in [0.15, 0.2) is 66.3 Å². The van der Waals surface area contributed by atoms with Crippen LogP contribution in [-0.2, 0) is 11.3 Å². The highest BCUT2D eigenvalue weighted by molar-refractivity contribution is 7.09. The molecule has 1 unspecified atom stereocenters. The third kappa shape index (κ3) is 5.14. The summed E-state index contributed by atoms with van der Waals surface area (Å²) >= 11 is 1.53. The highest BCUT2D eigenvalue weighted by atomic mass is 32.1. The number of aryl methyl sites for hydroxylation is 1. The zero-order valence-corrected chi connectivity index (χ0v) is 20.9. The summed E-state index contributed by atoms with van der Waals surface area (Å²) in [5, 5.41) is 9.75. The van der Waals surface area contributed by atoms with Gasteiger partial charge in [0.05, 0.1) is 50.0 Å². The topological polar surface area (TPSA) is 73.6 Å². The molecule has 0 spiro atoms. The average Bonchev–Trinajstić information content (AvgIpc) is 3.43. The van der Waals surface area contributed by atoms with Crippen LogP contribution in [0.5, 0.6) is 17.2 Å². The minimum absolute atomic E-state index is 0.305. The molecule has 0 aliphatic heterocycles. The number of benzene rings is 3. The summed E-state index contributed by atoms with van der Waals surface area (Å²) in [6, 6.07) is 20.0. The van der Waals surface area contributed by atoms with Crippen molar-refractivity contribution in [2.45, 2.75) is 19.6 Å². The summed E-state index contributed by atoms with van der Waals surface area (Å²) in [5.41, 5.74) is 7.25. The monoisotopic (exact) mass is 486 g/mol. The van der Waals surface area contributed by atoms with Gasteiger partial charge in [-0.25, -0.2) is 0 Å². The molecule has 0 saturated carbocycles. The van der Waals surface area contributed by atoms with Crippen LogP contribution in [0.25, 0.3) is 11.1 Å². The zero-order chi connectivity index (χ0) is 24.8. The Morgan fingerprint density at radius 1 is 0.943 bits per heavy atom. The molecule has 0 fully saturated rings. The Morgan fingerprint density at radius 3 is 2.29 bits per heavy atom. The molecule has 1 atom stereocenters. The van der Waals surface area contributed by atoms with Crippen LogP contribution in [-0.4, -0.2) is 26.3 Å². The second-order valence-electron chi connectivity index (χ2n) is 7.86. The second-order valence-corrected chi connectivity index (χ2v) is 8.78. The smallest absolute Gasteiger partial charge is 0.203 e. The maximum Gasteiger partial charge on any atom is 0.203 e. The molecule has 3 aromatic carbocycles. The molecule has 0 aliphatic carbocycles. The van der Waals surface area contributed by atoms with E-state index in [1.54, 1.807) is 26.8 Å². The van der Waals surface area contributed by atoms with Crippen LogP contribution in [0.2, 0.25) is 0 Å². The van der Waals surface area contributed by atoms with E-state index in [-0.39, 0.29) is 6.10 Å². The summed E-state index contributed by atoms with van der Waals surface area (Å²) in [6.45, 7) is 2.35. The first-order valence-corrected chi connectivity index (χ1v) is 11.9. The summed E-state index contributed by atoms with van der Waals surface area (Å²) in [5.74, 6) is 1.67. The number of hydrogen-bond donors (Lipinski definition) is 0. The third-order valence-electron chi connectivity index (χ3n) is 5.75. The normalized spacial score (nSPS) is 11.5. The van der Waals surface area contributed by atoms with Gasteiger partial charge in [-0.3, -0.25) is 4.98 Å². The summed E-state index contributed by atoms with van der Waals surface area (Å²) in [7, 11) is 4.76. The molecule has 1 heterocycles. The molecule has 0 amide bonds. The van der Waals surface area contributed by atoms with Gasteiger partial charge in [-0.1, -0.05) is 30.3 Å². The fourth-order valence-corrected chi connectivity index (χ4v) is 4.71. The molecule has 35 heavy (non-hydrogen) atoms. The first kappa shape index (κ1) is 24.3. The average molecular weight is 487 g/mol. The molecule has 0 saturated heterocycles. The summed E-state index contributed by atoms with van der Waals surface area (Å²) < 4.78 is 22.9. The molecule has 1 aromatic heterocycles. The Labute approximate surface area is 209 Å². The molecule has 4 rings (SSSR count). The van der Waals surface area contributed by atoms with E-state index in [2.05, 4.69) is 11.1 Å². The van der Waals surface area contributed by atoms with Crippen molar-refractivity contribution >= 4 is 11.3 Å². The lowest BCUT2D eigenvalue weighted by Crippen LogP contribution is -2.07. The maximum absolute atomic E-state index is 9.75. The van der Waals surface area contributed by atoms with Gasteiger partial charge < -0.3 is 18.9 Å². The van der Waals surface area contributed by atoms with Crippen LogP contribution >= 0.6 is 11.3 Å². The zero-order valence-electron chi connectivity index (χ0n) is 20.1. The minimum atomic E-state index is -0.364. The Kier molecular flexibility index (Phi) is 7.66. The van der Waals surface area contributed by atoms with E-state index >= 15 is 0 Å². The highest BCUT2D eigenvalue weighted by Gasteiger charge is 2.21. The van der Waals surface area contributed by atoms with Crippen LogP contribution in [0.4, 0.5) is 0 Å². The fraction of sp³-hybridized carbons (Fsp3) is 0.214. The van der Waals surface area contributed by atoms with Crippen molar-refractivity contribution in [2.24, 2.45) is 0 Å². The van der Waals surface area contributed by atoms with Gasteiger partial charge in [0, 0.05) is 11.8 Å². The van der Waals surface area contributed by atoms with Gasteiger partial charge >= 0.3 is 0 Å². The van der Waals surface area contributed by atoms with Gasteiger partial charge in [0.1, 0.15) is 6.10 Å². The van der Waals surface area contributed by atoms with Crippen molar-refractivity contribution in [3.8, 4) is 34.4 Å². The van der Waals surface area contributed by atoms with E-state index in [4.69, 9.17) is 18.9 Å². The molecule has 0 N–H and O–H groups in total. The molecule has 7 heteroatoms. The van der Waals surface area contributed by atoms with Crippen LogP contribution < -0.4 is 14.2 Å². The predicted octanol–water partition coefficient (Wildman–Crippen LogP) is 6.32. The van der Waals surface area contributed by atoms with Gasteiger partial charge in [-0.2, -0.15) is 5.26 Å². The molecular weight excluding hydrogens is 460 g/mol. The first-order chi connectivity index (χ1) is 17.1. The van der Waals surface area contributed by atoms with Crippen molar-refractivity contribution < 1.29 is 18.9 Å². The van der Waals surface area contributed by atoms with Crippen molar-refractivity contribution in [1.29, 1.82) is 5.26 Å². The molecule has 6 nitrogen and oxygen atoms in total. The van der Waals surface area contributed by atoms with Crippen molar-refractivity contribution in [1.82, 2.24) is 4.98 Å². The third-order valence-corrected chi connectivity index (χ3v) is 6.57. The van der Waals surface area contributed by atoms with Crippen molar-refractivity contribution in [2.75, 3.05) is 21.3 Å². The van der Waals surface area contributed by atoms with E-state index in [0.717, 1.165) is 32.7 Å². The Balaban J connectivity index is 1.72. The van der Waals surface area contributed by atoms with E-state index in [0.29, 0.717) is 29.4 Å². The van der Waals surface area contributed by atoms with E-state index in [9.17, 15) is 5.26 Å². The van der Waals surface area contributed by atoms with E-state index in [1.165, 1.54) is 11.3 Å². The van der Waals surface area contributed by atoms with Crippen molar-refractivity contribution in [3.63, 3.8) is 0 Å². The number of thiazole rings is 1. The SMILES string of the molecule is COc1cc(COC(c2ccc(C#N)c(-c3ccccc3C)c2)c2cncs2)cc(OC)c1OC. The largest absolute Gasteiger partial charge is 0.493 e. The molecule has 0 radical (unpaired) electrons.